The molecule has 5 aromatic rings. The second-order valence-corrected chi connectivity index (χ2v) is 8.69. The number of methoxy groups -OCH3 is 1. The van der Waals surface area contributed by atoms with Crippen molar-refractivity contribution in [3.8, 4) is 11.5 Å². The number of aromatic nitrogens is 1. The van der Waals surface area contributed by atoms with Crippen LogP contribution in [0, 0.1) is 0 Å². The number of rotatable bonds is 6. The van der Waals surface area contributed by atoms with Crippen LogP contribution in [0.4, 0.5) is 16.5 Å². The summed E-state index contributed by atoms with van der Waals surface area (Å²) < 4.78 is 6.17. The summed E-state index contributed by atoms with van der Waals surface area (Å²) in [5, 5.41) is 33.4. The molecule has 0 aliphatic carbocycles. The molecule has 0 atom stereocenters. The normalized spacial score (nSPS) is 11.4. The first-order chi connectivity index (χ1) is 17.1. The quantitative estimate of drug-likeness (QED) is 0.244. The van der Waals surface area contributed by atoms with E-state index in [1.54, 1.807) is 37.4 Å². The van der Waals surface area contributed by atoms with Gasteiger partial charge in [0.25, 0.3) is 5.91 Å². The Hall–Kier alpha value is -4.34. The first-order valence-electron chi connectivity index (χ1n) is 10.7. The molecule has 1 amide bonds. The number of hydrogen-bond acceptors (Lipinski definition) is 8. The number of nitrogens with zero attached hydrogens (tertiary/aromatic N) is 3. The summed E-state index contributed by atoms with van der Waals surface area (Å²) in [6.45, 7) is -0.0870. The minimum atomic E-state index is -0.492. The smallest absolute Gasteiger partial charge is 0.259 e. The predicted octanol–water partition coefficient (Wildman–Crippen LogP) is 6.32. The molecule has 5 rings (SSSR count). The van der Waals surface area contributed by atoms with Crippen LogP contribution in [0.2, 0.25) is 0 Å². The third kappa shape index (κ3) is 4.54. The number of hydrogen-bond donors (Lipinski definition) is 3. The first-order valence-corrected chi connectivity index (χ1v) is 11.5. The Balaban J connectivity index is 1.52. The number of anilines is 1. The number of azo groups is 1. The van der Waals surface area contributed by atoms with Gasteiger partial charge in [-0.05, 0) is 41.3 Å². The summed E-state index contributed by atoms with van der Waals surface area (Å²) in [5.41, 5.74) is 2.25. The molecule has 8 nitrogen and oxygen atoms in total. The molecule has 0 radical (unpaired) electrons. The molecule has 0 saturated carbocycles. The Morgan fingerprint density at radius 2 is 1.86 bits per heavy atom. The molecule has 0 bridgehead atoms. The molecule has 174 valence electrons. The number of aromatic hydroxyl groups is 1. The van der Waals surface area contributed by atoms with Crippen molar-refractivity contribution in [2.75, 3.05) is 12.4 Å². The van der Waals surface area contributed by atoms with Crippen molar-refractivity contribution in [3.63, 3.8) is 0 Å². The van der Waals surface area contributed by atoms with E-state index in [1.807, 2.05) is 42.5 Å². The van der Waals surface area contributed by atoms with Crippen LogP contribution in [-0.2, 0) is 6.61 Å². The highest BCUT2D eigenvalue weighted by Crippen LogP contribution is 2.40. The molecular formula is C26H20N4O4S. The van der Waals surface area contributed by atoms with Crippen LogP contribution in [0.15, 0.2) is 83.0 Å². The number of amides is 1. The lowest BCUT2D eigenvalue weighted by Crippen LogP contribution is -2.12. The minimum Gasteiger partial charge on any atom is -0.505 e. The Morgan fingerprint density at radius 1 is 1.06 bits per heavy atom. The second kappa shape index (κ2) is 9.49. The molecule has 1 aromatic heterocycles. The average molecular weight is 485 g/mol. The zero-order valence-electron chi connectivity index (χ0n) is 18.6. The molecule has 0 aliphatic rings. The van der Waals surface area contributed by atoms with Crippen LogP contribution >= 0.6 is 11.3 Å². The summed E-state index contributed by atoms with van der Waals surface area (Å²) in [7, 11) is 1.59. The van der Waals surface area contributed by atoms with E-state index in [2.05, 4.69) is 20.5 Å². The Kier molecular flexibility index (Phi) is 6.09. The minimum absolute atomic E-state index is 0.0675. The molecule has 0 fully saturated rings. The topological polar surface area (TPSA) is 116 Å². The fourth-order valence-electron chi connectivity index (χ4n) is 3.64. The van der Waals surface area contributed by atoms with Crippen molar-refractivity contribution in [1.82, 2.24) is 4.98 Å². The van der Waals surface area contributed by atoms with Crippen LogP contribution in [0.5, 0.6) is 11.5 Å². The van der Waals surface area contributed by atoms with Gasteiger partial charge >= 0.3 is 0 Å². The largest absolute Gasteiger partial charge is 0.505 e. The van der Waals surface area contributed by atoms with E-state index in [0.717, 1.165) is 21.2 Å². The van der Waals surface area contributed by atoms with Crippen LogP contribution in [0.3, 0.4) is 0 Å². The number of phenols is 1. The maximum atomic E-state index is 13.0. The Labute approximate surface area is 204 Å². The van der Waals surface area contributed by atoms with Crippen molar-refractivity contribution in [3.05, 3.63) is 83.9 Å². The second-order valence-electron chi connectivity index (χ2n) is 7.68. The van der Waals surface area contributed by atoms with Gasteiger partial charge in [-0.25, -0.2) is 4.98 Å². The third-order valence-corrected chi connectivity index (χ3v) is 6.37. The Bertz CT molecular complexity index is 1580. The lowest BCUT2D eigenvalue weighted by molar-refractivity contribution is 0.102. The highest BCUT2D eigenvalue weighted by Gasteiger charge is 2.19. The van der Waals surface area contributed by atoms with Crippen LogP contribution in [-0.4, -0.2) is 28.2 Å². The van der Waals surface area contributed by atoms with Crippen LogP contribution in [0.25, 0.3) is 21.0 Å². The number of carbonyl (C=O) groups is 1. The lowest BCUT2D eigenvalue weighted by atomic mass is 10.0. The van der Waals surface area contributed by atoms with Gasteiger partial charge in [-0.15, -0.1) is 10.2 Å². The van der Waals surface area contributed by atoms with Gasteiger partial charge in [0.15, 0.2) is 5.75 Å². The fraction of sp³-hybridized carbons (Fsp3) is 0.0769. The molecular weight excluding hydrogens is 464 g/mol. The molecule has 0 unspecified atom stereocenters. The van der Waals surface area contributed by atoms with E-state index in [4.69, 9.17) is 4.74 Å². The van der Waals surface area contributed by atoms with E-state index in [-0.39, 0.29) is 23.6 Å². The average Bonchev–Trinajstić information content (AvgIpc) is 3.30. The fourth-order valence-corrected chi connectivity index (χ4v) is 4.41. The number of phenolic OH excluding ortho intramolecular Hbond substituents is 1. The van der Waals surface area contributed by atoms with Crippen molar-refractivity contribution >= 4 is 54.7 Å². The van der Waals surface area contributed by atoms with E-state index in [1.165, 1.54) is 11.3 Å². The lowest BCUT2D eigenvalue weighted by Gasteiger charge is -2.11. The number of benzene rings is 4. The van der Waals surface area contributed by atoms with Gasteiger partial charge in [0, 0.05) is 17.1 Å². The number of thiazole rings is 1. The first kappa shape index (κ1) is 22.5. The zero-order valence-corrected chi connectivity index (χ0v) is 19.4. The Morgan fingerprint density at radius 3 is 2.63 bits per heavy atom. The van der Waals surface area contributed by atoms with Crippen molar-refractivity contribution in [1.29, 1.82) is 0 Å². The van der Waals surface area contributed by atoms with E-state index < -0.39 is 5.91 Å². The number of carbonyl (C=O) groups excluding carboxylic acids is 1. The molecule has 3 N–H and O–H groups in total. The number of aliphatic hydroxyl groups excluding tert-OH is 1. The van der Waals surface area contributed by atoms with Gasteiger partial charge in [-0.1, -0.05) is 47.7 Å². The van der Waals surface area contributed by atoms with E-state index in [0.29, 0.717) is 22.0 Å². The van der Waals surface area contributed by atoms with E-state index >= 15 is 0 Å². The number of nitrogens with one attached hydrogen (secondary N) is 1. The molecule has 0 aliphatic heterocycles. The van der Waals surface area contributed by atoms with Crippen molar-refractivity contribution in [2.24, 2.45) is 10.2 Å². The molecule has 9 heteroatoms. The zero-order chi connectivity index (χ0) is 24.4. The maximum Gasteiger partial charge on any atom is 0.259 e. The standard InChI is InChI=1S/C26H20N4O4S/c1-34-18-10-11-22-21(13-18)28-26(35-22)30-29-23-19-5-3-2-4-16(19)12-20(24(23)32)25(33)27-17-8-6-15(14-31)7-9-17/h2-13,31-32H,14H2,1H3,(H,27,33)/b30-29+. The van der Waals surface area contributed by atoms with Gasteiger partial charge in [-0.3, -0.25) is 4.79 Å². The van der Waals surface area contributed by atoms with Gasteiger partial charge in [0.1, 0.15) is 11.4 Å². The van der Waals surface area contributed by atoms with Gasteiger partial charge in [0.2, 0.25) is 5.13 Å². The van der Waals surface area contributed by atoms with Gasteiger partial charge in [-0.2, -0.15) is 0 Å². The highest BCUT2D eigenvalue weighted by molar-refractivity contribution is 7.21. The van der Waals surface area contributed by atoms with E-state index in [9.17, 15) is 15.0 Å². The summed E-state index contributed by atoms with van der Waals surface area (Å²) in [4.78, 5) is 17.5. The van der Waals surface area contributed by atoms with Crippen LogP contribution in [0.1, 0.15) is 15.9 Å². The third-order valence-electron chi connectivity index (χ3n) is 5.45. The summed E-state index contributed by atoms with van der Waals surface area (Å²) >= 11 is 1.36. The summed E-state index contributed by atoms with van der Waals surface area (Å²) in [6.07, 6.45) is 0. The van der Waals surface area contributed by atoms with Crippen molar-refractivity contribution < 1.29 is 19.7 Å². The molecule has 0 spiro atoms. The van der Waals surface area contributed by atoms with Crippen molar-refractivity contribution in [2.45, 2.75) is 6.61 Å². The molecule has 0 saturated heterocycles. The molecule has 1 heterocycles. The number of aliphatic hydroxyl groups is 1. The molecule has 35 heavy (non-hydrogen) atoms. The predicted molar refractivity (Wildman–Crippen MR) is 136 cm³/mol. The van der Waals surface area contributed by atoms with Gasteiger partial charge in [0.05, 0.1) is 29.5 Å². The molecule has 4 aromatic carbocycles. The van der Waals surface area contributed by atoms with Gasteiger partial charge < -0.3 is 20.3 Å². The summed E-state index contributed by atoms with van der Waals surface area (Å²) in [6, 6.07) is 21.3. The maximum absolute atomic E-state index is 13.0. The van der Waals surface area contributed by atoms with Crippen LogP contribution < -0.4 is 10.1 Å². The highest BCUT2D eigenvalue weighted by atomic mass is 32.1. The summed E-state index contributed by atoms with van der Waals surface area (Å²) in [5.74, 6) is -0.0760. The monoisotopic (exact) mass is 484 g/mol. The SMILES string of the molecule is COc1ccc2sc(/N=N/c3c(O)c(C(=O)Nc4ccc(CO)cc4)cc4ccccc34)nc2c1. The number of fused-ring (bicyclic) bond motifs is 2. The number of ether oxygens (including phenoxy) is 1.